The van der Waals surface area contributed by atoms with E-state index < -0.39 is 6.10 Å². The van der Waals surface area contributed by atoms with E-state index in [1.54, 1.807) is 6.92 Å². The van der Waals surface area contributed by atoms with E-state index in [9.17, 15) is 9.59 Å². The SMILES string of the molecule is C#CC(C)OC(=O)CCCC(=O)OCC1CCCCC1. The van der Waals surface area contributed by atoms with E-state index in [0.717, 1.165) is 12.8 Å². The summed E-state index contributed by atoms with van der Waals surface area (Å²) in [6.45, 7) is 2.16. The molecule has 1 saturated carbocycles. The van der Waals surface area contributed by atoms with Gasteiger partial charge in [-0.05, 0) is 32.1 Å². The number of terminal acetylenes is 1. The lowest BCUT2D eigenvalue weighted by atomic mass is 9.90. The van der Waals surface area contributed by atoms with Gasteiger partial charge in [0.15, 0.2) is 6.10 Å². The molecule has 0 heterocycles. The smallest absolute Gasteiger partial charge is 0.307 e. The highest BCUT2D eigenvalue weighted by molar-refractivity contribution is 5.72. The molecule has 0 aliphatic heterocycles. The summed E-state index contributed by atoms with van der Waals surface area (Å²) in [5.74, 6) is 2.25. The maximum atomic E-state index is 11.5. The molecule has 0 aromatic rings. The van der Waals surface area contributed by atoms with Crippen molar-refractivity contribution in [3.8, 4) is 12.3 Å². The molecular weight excluding hydrogens is 256 g/mol. The van der Waals surface area contributed by atoms with Gasteiger partial charge in [0.2, 0.25) is 0 Å². The van der Waals surface area contributed by atoms with Gasteiger partial charge in [-0.2, -0.15) is 0 Å². The first kappa shape index (κ1) is 16.6. The van der Waals surface area contributed by atoms with Gasteiger partial charge in [0.05, 0.1) is 6.61 Å². The van der Waals surface area contributed by atoms with Crippen molar-refractivity contribution in [3.63, 3.8) is 0 Å². The van der Waals surface area contributed by atoms with E-state index in [1.807, 2.05) is 0 Å². The fourth-order valence-electron chi connectivity index (χ4n) is 2.30. The minimum Gasteiger partial charge on any atom is -0.465 e. The van der Waals surface area contributed by atoms with Crippen molar-refractivity contribution in [3.05, 3.63) is 0 Å². The number of carbonyl (C=O) groups excluding carboxylic acids is 2. The predicted molar refractivity (Wildman–Crippen MR) is 75.8 cm³/mol. The second kappa shape index (κ2) is 9.41. The Labute approximate surface area is 121 Å². The molecule has 0 bridgehead atoms. The highest BCUT2D eigenvalue weighted by Gasteiger charge is 2.15. The maximum absolute atomic E-state index is 11.5. The molecule has 0 N–H and O–H groups in total. The quantitative estimate of drug-likeness (QED) is 0.531. The van der Waals surface area contributed by atoms with E-state index in [4.69, 9.17) is 15.9 Å². The summed E-state index contributed by atoms with van der Waals surface area (Å²) >= 11 is 0. The molecule has 0 spiro atoms. The number of hydrogen-bond donors (Lipinski definition) is 0. The number of ether oxygens (including phenoxy) is 2. The molecule has 0 saturated heterocycles. The summed E-state index contributed by atoms with van der Waals surface area (Å²) in [5.41, 5.74) is 0. The first-order chi connectivity index (χ1) is 9.61. The van der Waals surface area contributed by atoms with Crippen LogP contribution in [-0.2, 0) is 19.1 Å². The average Bonchev–Trinajstić information content (AvgIpc) is 2.46. The van der Waals surface area contributed by atoms with E-state index in [-0.39, 0.29) is 24.8 Å². The Balaban J connectivity index is 2.05. The van der Waals surface area contributed by atoms with Gasteiger partial charge in [-0.15, -0.1) is 6.42 Å². The number of hydrogen-bond acceptors (Lipinski definition) is 4. The molecular formula is C16H24O4. The third kappa shape index (κ3) is 7.18. The van der Waals surface area contributed by atoms with Crippen LogP contribution < -0.4 is 0 Å². The van der Waals surface area contributed by atoms with Crippen LogP contribution >= 0.6 is 0 Å². The molecule has 1 unspecified atom stereocenters. The molecule has 1 fully saturated rings. The Kier molecular flexibility index (Phi) is 7.79. The summed E-state index contributed by atoms with van der Waals surface area (Å²) in [6.07, 6.45) is 11.6. The molecule has 20 heavy (non-hydrogen) atoms. The standard InChI is InChI=1S/C16H24O4/c1-3-13(2)20-16(18)11-7-10-15(17)19-12-14-8-5-4-6-9-14/h1,13-14H,4-12H2,2H3. The van der Waals surface area contributed by atoms with Gasteiger partial charge < -0.3 is 9.47 Å². The van der Waals surface area contributed by atoms with Crippen molar-refractivity contribution < 1.29 is 19.1 Å². The van der Waals surface area contributed by atoms with Crippen LogP contribution in [0.2, 0.25) is 0 Å². The van der Waals surface area contributed by atoms with Crippen molar-refractivity contribution in [2.24, 2.45) is 5.92 Å². The van der Waals surface area contributed by atoms with Crippen LogP contribution in [0.25, 0.3) is 0 Å². The zero-order chi connectivity index (χ0) is 14.8. The van der Waals surface area contributed by atoms with Crippen LogP contribution in [0, 0.1) is 18.3 Å². The molecule has 4 nitrogen and oxygen atoms in total. The van der Waals surface area contributed by atoms with Crippen molar-refractivity contribution in [1.29, 1.82) is 0 Å². The topological polar surface area (TPSA) is 52.6 Å². The van der Waals surface area contributed by atoms with Crippen LogP contribution in [0.3, 0.4) is 0 Å². The summed E-state index contributed by atoms with van der Waals surface area (Å²) < 4.78 is 10.2. The fourth-order valence-corrected chi connectivity index (χ4v) is 2.30. The Bertz CT molecular complexity index is 350. The molecule has 0 amide bonds. The normalized spacial score (nSPS) is 17.0. The fraction of sp³-hybridized carbons (Fsp3) is 0.750. The van der Waals surface area contributed by atoms with Crippen LogP contribution in [0.4, 0.5) is 0 Å². The lowest BCUT2D eigenvalue weighted by Crippen LogP contribution is -2.17. The lowest BCUT2D eigenvalue weighted by molar-refractivity contribution is -0.147. The molecule has 0 aromatic carbocycles. The minimum absolute atomic E-state index is 0.199. The summed E-state index contributed by atoms with van der Waals surface area (Å²) in [5, 5.41) is 0. The van der Waals surface area contributed by atoms with Gasteiger partial charge in [0, 0.05) is 12.8 Å². The van der Waals surface area contributed by atoms with Crippen LogP contribution in [0.1, 0.15) is 58.3 Å². The van der Waals surface area contributed by atoms with Gasteiger partial charge in [-0.25, -0.2) is 0 Å². The zero-order valence-electron chi connectivity index (χ0n) is 12.2. The molecule has 1 atom stereocenters. The van der Waals surface area contributed by atoms with E-state index in [1.165, 1.54) is 19.3 Å². The van der Waals surface area contributed by atoms with Crippen LogP contribution in [0.5, 0.6) is 0 Å². The van der Waals surface area contributed by atoms with Crippen molar-refractivity contribution >= 4 is 11.9 Å². The lowest BCUT2D eigenvalue weighted by Gasteiger charge is -2.20. The number of rotatable bonds is 7. The van der Waals surface area contributed by atoms with Gasteiger partial charge in [-0.3, -0.25) is 9.59 Å². The van der Waals surface area contributed by atoms with E-state index in [2.05, 4.69) is 5.92 Å². The minimum atomic E-state index is -0.513. The van der Waals surface area contributed by atoms with Crippen molar-refractivity contribution in [1.82, 2.24) is 0 Å². The average molecular weight is 280 g/mol. The molecule has 112 valence electrons. The molecule has 4 heteroatoms. The van der Waals surface area contributed by atoms with E-state index in [0.29, 0.717) is 18.9 Å². The largest absolute Gasteiger partial charge is 0.465 e. The summed E-state index contributed by atoms with van der Waals surface area (Å²) in [6, 6.07) is 0. The summed E-state index contributed by atoms with van der Waals surface area (Å²) in [7, 11) is 0. The monoisotopic (exact) mass is 280 g/mol. The molecule has 1 aliphatic carbocycles. The van der Waals surface area contributed by atoms with Gasteiger partial charge in [0.25, 0.3) is 0 Å². The van der Waals surface area contributed by atoms with Crippen LogP contribution in [0.15, 0.2) is 0 Å². The van der Waals surface area contributed by atoms with E-state index >= 15 is 0 Å². The Hall–Kier alpha value is -1.50. The van der Waals surface area contributed by atoms with Crippen molar-refractivity contribution in [2.75, 3.05) is 6.61 Å². The predicted octanol–water partition coefficient (Wildman–Crippen LogP) is 2.85. The number of carbonyl (C=O) groups is 2. The first-order valence-electron chi connectivity index (χ1n) is 7.43. The Morgan fingerprint density at radius 1 is 1.20 bits per heavy atom. The zero-order valence-corrected chi connectivity index (χ0v) is 12.2. The highest BCUT2D eigenvalue weighted by Crippen LogP contribution is 2.23. The Morgan fingerprint density at radius 2 is 1.85 bits per heavy atom. The molecule has 0 radical (unpaired) electrons. The molecule has 1 rings (SSSR count). The first-order valence-corrected chi connectivity index (χ1v) is 7.43. The summed E-state index contributed by atoms with van der Waals surface area (Å²) in [4.78, 5) is 22.9. The van der Waals surface area contributed by atoms with Gasteiger partial charge >= 0.3 is 11.9 Å². The Morgan fingerprint density at radius 3 is 2.50 bits per heavy atom. The molecule has 1 aliphatic rings. The highest BCUT2D eigenvalue weighted by atomic mass is 16.5. The second-order valence-electron chi connectivity index (χ2n) is 5.34. The third-order valence-corrected chi connectivity index (χ3v) is 3.51. The van der Waals surface area contributed by atoms with Crippen LogP contribution in [-0.4, -0.2) is 24.6 Å². The van der Waals surface area contributed by atoms with Gasteiger partial charge in [-0.1, -0.05) is 25.2 Å². The number of esters is 2. The molecule has 0 aromatic heterocycles. The maximum Gasteiger partial charge on any atom is 0.307 e. The third-order valence-electron chi connectivity index (χ3n) is 3.51. The second-order valence-corrected chi connectivity index (χ2v) is 5.34. The van der Waals surface area contributed by atoms with Gasteiger partial charge in [0.1, 0.15) is 0 Å². The van der Waals surface area contributed by atoms with Crippen molar-refractivity contribution in [2.45, 2.75) is 64.4 Å².